The first-order valence-corrected chi connectivity index (χ1v) is 4.94. The fraction of sp³-hybridized carbons (Fsp3) is 1.00. The van der Waals surface area contributed by atoms with Crippen LogP contribution in [0.4, 0.5) is 0 Å². The van der Waals surface area contributed by atoms with E-state index in [0.717, 1.165) is 13.2 Å². The van der Waals surface area contributed by atoms with Gasteiger partial charge in [0, 0.05) is 6.61 Å². The zero-order chi connectivity index (χ0) is 9.78. The van der Waals surface area contributed by atoms with Crippen LogP contribution in [0, 0.1) is 17.3 Å². The maximum Gasteiger partial charge on any atom is 0.0519 e. The molecule has 0 heterocycles. The molecule has 0 saturated heterocycles. The van der Waals surface area contributed by atoms with Gasteiger partial charge < -0.3 is 4.74 Å². The Hall–Kier alpha value is -0.0400. The van der Waals surface area contributed by atoms with Crippen molar-refractivity contribution >= 4 is 0 Å². The third kappa shape index (κ3) is 4.76. The van der Waals surface area contributed by atoms with Crippen molar-refractivity contribution in [2.45, 2.75) is 41.5 Å². The highest BCUT2D eigenvalue weighted by molar-refractivity contribution is 4.71. The van der Waals surface area contributed by atoms with Gasteiger partial charge in [0.1, 0.15) is 0 Å². The van der Waals surface area contributed by atoms with Gasteiger partial charge in [-0.2, -0.15) is 0 Å². The van der Waals surface area contributed by atoms with Gasteiger partial charge in [-0.1, -0.05) is 41.5 Å². The average Bonchev–Trinajstić information content (AvgIpc) is 1.85. The summed E-state index contributed by atoms with van der Waals surface area (Å²) in [5.74, 6) is 1.33. The lowest BCUT2D eigenvalue weighted by molar-refractivity contribution is 0.0249. The van der Waals surface area contributed by atoms with E-state index in [4.69, 9.17) is 4.74 Å². The van der Waals surface area contributed by atoms with Crippen LogP contribution in [0.25, 0.3) is 0 Å². The highest BCUT2D eigenvalue weighted by Crippen LogP contribution is 2.26. The Kier molecular flexibility index (Phi) is 4.84. The molecule has 0 aromatic carbocycles. The lowest BCUT2D eigenvalue weighted by Crippen LogP contribution is -2.26. The van der Waals surface area contributed by atoms with E-state index >= 15 is 0 Å². The minimum Gasteiger partial charge on any atom is -0.381 e. The van der Waals surface area contributed by atoms with E-state index < -0.39 is 0 Å². The first kappa shape index (κ1) is 12.0. The van der Waals surface area contributed by atoms with Gasteiger partial charge in [0.25, 0.3) is 0 Å². The Morgan fingerprint density at radius 1 is 1.08 bits per heavy atom. The van der Waals surface area contributed by atoms with Crippen LogP contribution in [0.2, 0.25) is 0 Å². The maximum absolute atomic E-state index is 5.62. The molecule has 0 saturated carbocycles. The van der Waals surface area contributed by atoms with Crippen LogP contribution in [0.15, 0.2) is 0 Å². The van der Waals surface area contributed by atoms with Crippen LogP contribution in [0.3, 0.4) is 0 Å². The maximum atomic E-state index is 5.62. The zero-order valence-electron chi connectivity index (χ0n) is 9.48. The monoisotopic (exact) mass is 172 g/mol. The minimum absolute atomic E-state index is 0.314. The van der Waals surface area contributed by atoms with E-state index in [-0.39, 0.29) is 0 Å². The average molecular weight is 172 g/mol. The molecular formula is C11H24O. The molecule has 0 aromatic rings. The van der Waals surface area contributed by atoms with Crippen LogP contribution in [0.5, 0.6) is 0 Å². The molecule has 0 amide bonds. The van der Waals surface area contributed by atoms with Crippen molar-refractivity contribution in [2.24, 2.45) is 17.3 Å². The number of hydrogen-bond donors (Lipinski definition) is 0. The van der Waals surface area contributed by atoms with E-state index in [1.54, 1.807) is 0 Å². The van der Waals surface area contributed by atoms with Crippen molar-refractivity contribution < 1.29 is 4.74 Å². The molecule has 0 aliphatic heterocycles. The quantitative estimate of drug-likeness (QED) is 0.618. The second kappa shape index (κ2) is 4.86. The van der Waals surface area contributed by atoms with Crippen molar-refractivity contribution in [3.8, 4) is 0 Å². The van der Waals surface area contributed by atoms with Gasteiger partial charge in [0.05, 0.1) is 6.61 Å². The van der Waals surface area contributed by atoms with E-state index in [0.29, 0.717) is 17.3 Å². The highest BCUT2D eigenvalue weighted by Gasteiger charge is 2.22. The van der Waals surface area contributed by atoms with E-state index in [1.165, 1.54) is 0 Å². The summed E-state index contributed by atoms with van der Waals surface area (Å²) in [5, 5.41) is 0. The van der Waals surface area contributed by atoms with Crippen LogP contribution in [-0.2, 0) is 4.74 Å². The normalized spacial score (nSPS) is 13.0. The van der Waals surface area contributed by atoms with Crippen LogP contribution in [0.1, 0.15) is 41.5 Å². The van der Waals surface area contributed by atoms with Crippen LogP contribution < -0.4 is 0 Å². The molecule has 0 radical (unpaired) electrons. The third-order valence-corrected chi connectivity index (χ3v) is 2.49. The summed E-state index contributed by atoms with van der Waals surface area (Å²) in [6.07, 6.45) is 0. The molecule has 0 unspecified atom stereocenters. The van der Waals surface area contributed by atoms with E-state index in [9.17, 15) is 0 Å². The minimum atomic E-state index is 0.314. The van der Waals surface area contributed by atoms with Gasteiger partial charge in [-0.3, -0.25) is 0 Å². The Morgan fingerprint density at radius 2 is 1.58 bits per heavy atom. The molecule has 0 fully saturated rings. The summed E-state index contributed by atoms with van der Waals surface area (Å²) in [5.41, 5.74) is 0.314. The van der Waals surface area contributed by atoms with Crippen LogP contribution in [-0.4, -0.2) is 13.2 Å². The SMILES string of the molecule is CC(C)COCC(C)(C)C(C)C. The van der Waals surface area contributed by atoms with Crippen molar-refractivity contribution in [1.29, 1.82) is 0 Å². The van der Waals surface area contributed by atoms with Gasteiger partial charge in [-0.15, -0.1) is 0 Å². The molecule has 0 aliphatic rings. The second-order valence-electron chi connectivity index (χ2n) is 5.05. The fourth-order valence-corrected chi connectivity index (χ4v) is 0.724. The molecule has 0 spiro atoms. The Morgan fingerprint density at radius 3 is 1.92 bits per heavy atom. The molecule has 0 atom stereocenters. The molecule has 0 rings (SSSR count). The number of ether oxygens (including phenoxy) is 1. The second-order valence-corrected chi connectivity index (χ2v) is 5.05. The number of hydrogen-bond acceptors (Lipinski definition) is 1. The van der Waals surface area contributed by atoms with Crippen molar-refractivity contribution in [1.82, 2.24) is 0 Å². The number of rotatable bonds is 5. The van der Waals surface area contributed by atoms with Crippen molar-refractivity contribution in [2.75, 3.05) is 13.2 Å². The lowest BCUT2D eigenvalue weighted by atomic mass is 9.82. The fourth-order valence-electron chi connectivity index (χ4n) is 0.724. The van der Waals surface area contributed by atoms with Crippen molar-refractivity contribution in [3.63, 3.8) is 0 Å². The van der Waals surface area contributed by atoms with Gasteiger partial charge >= 0.3 is 0 Å². The van der Waals surface area contributed by atoms with Crippen LogP contribution >= 0.6 is 0 Å². The van der Waals surface area contributed by atoms with Gasteiger partial charge in [0.2, 0.25) is 0 Å². The van der Waals surface area contributed by atoms with Gasteiger partial charge in [0.15, 0.2) is 0 Å². The Labute approximate surface area is 77.5 Å². The van der Waals surface area contributed by atoms with Gasteiger partial charge in [-0.25, -0.2) is 0 Å². The molecule has 0 N–H and O–H groups in total. The van der Waals surface area contributed by atoms with Crippen molar-refractivity contribution in [3.05, 3.63) is 0 Å². The lowest BCUT2D eigenvalue weighted by Gasteiger charge is -2.29. The molecular weight excluding hydrogens is 148 g/mol. The van der Waals surface area contributed by atoms with Gasteiger partial charge in [-0.05, 0) is 17.3 Å². The first-order chi connectivity index (χ1) is 5.36. The Bertz CT molecular complexity index is 114. The summed E-state index contributed by atoms with van der Waals surface area (Å²) in [6, 6.07) is 0. The molecule has 0 aliphatic carbocycles. The third-order valence-electron chi connectivity index (χ3n) is 2.49. The summed E-state index contributed by atoms with van der Waals surface area (Å²) in [6.45, 7) is 15.2. The van der Waals surface area contributed by atoms with E-state index in [1.807, 2.05) is 0 Å². The summed E-state index contributed by atoms with van der Waals surface area (Å²) in [4.78, 5) is 0. The molecule has 1 heteroatoms. The first-order valence-electron chi connectivity index (χ1n) is 4.94. The van der Waals surface area contributed by atoms with E-state index in [2.05, 4.69) is 41.5 Å². The summed E-state index contributed by atoms with van der Waals surface area (Å²) < 4.78 is 5.62. The smallest absolute Gasteiger partial charge is 0.0519 e. The molecule has 12 heavy (non-hydrogen) atoms. The topological polar surface area (TPSA) is 9.23 Å². The standard InChI is InChI=1S/C11H24O/c1-9(2)7-12-8-11(5,6)10(3)4/h9-10H,7-8H2,1-6H3. The molecule has 0 bridgehead atoms. The highest BCUT2D eigenvalue weighted by atomic mass is 16.5. The predicted octanol–water partition coefficient (Wildman–Crippen LogP) is 3.34. The Balaban J connectivity index is 3.61. The molecule has 0 aromatic heterocycles. The largest absolute Gasteiger partial charge is 0.381 e. The molecule has 1 nitrogen and oxygen atoms in total. The zero-order valence-corrected chi connectivity index (χ0v) is 9.48. The summed E-state index contributed by atoms with van der Waals surface area (Å²) in [7, 11) is 0. The predicted molar refractivity (Wildman–Crippen MR) is 54.3 cm³/mol. The summed E-state index contributed by atoms with van der Waals surface area (Å²) >= 11 is 0. The molecule has 74 valence electrons.